The number of aliphatic carboxylic acids is 1. The van der Waals surface area contributed by atoms with Crippen LogP contribution in [0.15, 0.2) is 12.2 Å². The van der Waals surface area contributed by atoms with Gasteiger partial charge in [0.2, 0.25) is 0 Å². The number of unbranched alkanes of at least 4 members (excludes halogenated alkanes) is 12. The van der Waals surface area contributed by atoms with Crippen LogP contribution in [0.5, 0.6) is 0 Å². The first-order valence-electron chi connectivity index (χ1n) is 11.3. The van der Waals surface area contributed by atoms with Crippen LogP contribution in [0.25, 0.3) is 0 Å². The predicted molar refractivity (Wildman–Crippen MR) is 118 cm³/mol. The van der Waals surface area contributed by atoms with Gasteiger partial charge in [0.05, 0.1) is 13.0 Å². The van der Waals surface area contributed by atoms with Crippen molar-refractivity contribution in [3.63, 3.8) is 0 Å². The van der Waals surface area contributed by atoms with Crippen molar-refractivity contribution in [2.75, 3.05) is 6.61 Å². The molecule has 1 unspecified atom stereocenters. The number of carboxylic acids is 1. The molecule has 0 rings (SSSR count). The molecule has 0 heterocycles. The van der Waals surface area contributed by atoms with E-state index in [2.05, 4.69) is 13.0 Å². The minimum atomic E-state index is -4.80. The molecule has 0 amide bonds. The zero-order chi connectivity index (χ0) is 22.7. The molecule has 30 heavy (non-hydrogen) atoms. The summed E-state index contributed by atoms with van der Waals surface area (Å²) >= 11 is 0. The van der Waals surface area contributed by atoms with E-state index in [1.54, 1.807) is 0 Å². The molecule has 0 aromatic heterocycles. The molecule has 0 aliphatic carbocycles. The van der Waals surface area contributed by atoms with Gasteiger partial charge in [-0.25, -0.2) is 0 Å². The lowest BCUT2D eigenvalue weighted by Crippen LogP contribution is -2.34. The normalized spacial score (nSPS) is 12.9. The highest BCUT2D eigenvalue weighted by molar-refractivity contribution is 7.87. The quantitative estimate of drug-likeness (QED) is 0.112. The third-order valence-electron chi connectivity index (χ3n) is 4.88. The number of carbonyl (C=O) groups excluding carboxylic acids is 1. The second-order valence-electron chi connectivity index (χ2n) is 7.71. The molecular formula is C22H40O7S. The van der Waals surface area contributed by atoms with Crippen molar-refractivity contribution < 1.29 is 32.4 Å². The summed E-state index contributed by atoms with van der Waals surface area (Å²) in [5.41, 5.74) is 0. The summed E-state index contributed by atoms with van der Waals surface area (Å²) in [5, 5.41) is 6.55. The lowest BCUT2D eigenvalue weighted by Gasteiger charge is -2.11. The van der Waals surface area contributed by atoms with Crippen LogP contribution in [0.4, 0.5) is 0 Å². The van der Waals surface area contributed by atoms with Crippen molar-refractivity contribution >= 4 is 22.1 Å². The number of esters is 1. The Balaban J connectivity index is 3.61. The van der Waals surface area contributed by atoms with E-state index >= 15 is 0 Å². The van der Waals surface area contributed by atoms with E-state index in [1.165, 1.54) is 64.2 Å². The Kier molecular flexibility index (Phi) is 17.5. The van der Waals surface area contributed by atoms with Crippen molar-refractivity contribution in [3.8, 4) is 0 Å². The van der Waals surface area contributed by atoms with Gasteiger partial charge in [0.1, 0.15) is 0 Å². The van der Waals surface area contributed by atoms with E-state index in [0.717, 1.165) is 12.8 Å². The first kappa shape index (κ1) is 28.6. The Morgan fingerprint density at radius 1 is 0.833 bits per heavy atom. The van der Waals surface area contributed by atoms with Crippen molar-refractivity contribution in [1.82, 2.24) is 0 Å². The zero-order valence-corrected chi connectivity index (χ0v) is 19.2. The second kappa shape index (κ2) is 18.4. The van der Waals surface area contributed by atoms with Crippen LogP contribution in [0.2, 0.25) is 0 Å². The van der Waals surface area contributed by atoms with Gasteiger partial charge >= 0.3 is 11.9 Å². The fourth-order valence-electron chi connectivity index (χ4n) is 3.10. The Bertz CT molecular complexity index is 584. The Morgan fingerprint density at radius 2 is 1.30 bits per heavy atom. The summed E-state index contributed by atoms with van der Waals surface area (Å²) in [6, 6.07) is 0. The van der Waals surface area contributed by atoms with Gasteiger partial charge in [-0.05, 0) is 25.7 Å². The molecule has 0 aromatic rings. The van der Waals surface area contributed by atoms with E-state index in [4.69, 9.17) is 14.4 Å². The topological polar surface area (TPSA) is 118 Å². The summed E-state index contributed by atoms with van der Waals surface area (Å²) in [7, 11) is -4.80. The van der Waals surface area contributed by atoms with Crippen LogP contribution in [-0.4, -0.2) is 41.9 Å². The van der Waals surface area contributed by atoms with Gasteiger partial charge in [-0.15, -0.1) is 0 Å². The fraction of sp³-hybridized carbons (Fsp3) is 0.818. The molecule has 2 N–H and O–H groups in total. The highest BCUT2D eigenvalue weighted by Crippen LogP contribution is 2.12. The van der Waals surface area contributed by atoms with Crippen LogP contribution in [0.1, 0.15) is 103 Å². The summed E-state index contributed by atoms with van der Waals surface area (Å²) in [4.78, 5) is 22.2. The fourth-order valence-corrected chi connectivity index (χ4v) is 3.76. The molecule has 0 saturated heterocycles. The van der Waals surface area contributed by atoms with Gasteiger partial charge in [0, 0.05) is 0 Å². The molecular weight excluding hydrogens is 408 g/mol. The molecule has 0 aliphatic heterocycles. The second-order valence-corrected chi connectivity index (χ2v) is 9.31. The molecule has 0 aromatic carbocycles. The summed E-state index contributed by atoms with van der Waals surface area (Å²) in [6.45, 7) is 2.22. The predicted octanol–water partition coefficient (Wildman–Crippen LogP) is 5.30. The number of ether oxygens (including phenoxy) is 1. The molecule has 0 bridgehead atoms. The third-order valence-corrected chi connectivity index (χ3v) is 5.96. The lowest BCUT2D eigenvalue weighted by atomic mass is 10.1. The van der Waals surface area contributed by atoms with Gasteiger partial charge in [-0.2, -0.15) is 8.42 Å². The molecule has 1 atom stereocenters. The maximum atomic E-state index is 11.6. The van der Waals surface area contributed by atoms with Crippen LogP contribution in [-0.2, 0) is 24.4 Å². The van der Waals surface area contributed by atoms with Crippen LogP contribution in [0.3, 0.4) is 0 Å². The minimum Gasteiger partial charge on any atom is -0.481 e. The van der Waals surface area contributed by atoms with Crippen LogP contribution < -0.4 is 0 Å². The van der Waals surface area contributed by atoms with Crippen LogP contribution >= 0.6 is 0 Å². The van der Waals surface area contributed by atoms with Crippen molar-refractivity contribution in [2.45, 2.75) is 108 Å². The Morgan fingerprint density at radius 3 is 1.77 bits per heavy atom. The first-order chi connectivity index (χ1) is 14.3. The number of rotatable bonds is 20. The van der Waals surface area contributed by atoms with Crippen molar-refractivity contribution in [2.24, 2.45) is 0 Å². The SMILES string of the molecule is CCCCCCCCCCCCCC=CCCCOC(=O)C(CC(=O)O)S(=O)(=O)O. The van der Waals surface area contributed by atoms with E-state index < -0.39 is 33.7 Å². The van der Waals surface area contributed by atoms with Crippen LogP contribution in [0, 0.1) is 0 Å². The van der Waals surface area contributed by atoms with Gasteiger partial charge in [0.25, 0.3) is 10.1 Å². The highest BCUT2D eigenvalue weighted by Gasteiger charge is 2.34. The number of hydrogen-bond acceptors (Lipinski definition) is 5. The molecule has 0 radical (unpaired) electrons. The lowest BCUT2D eigenvalue weighted by molar-refractivity contribution is -0.147. The molecule has 8 heteroatoms. The average Bonchev–Trinajstić information content (AvgIpc) is 2.67. The Hall–Kier alpha value is -1.41. The van der Waals surface area contributed by atoms with E-state index in [1.807, 2.05) is 6.08 Å². The van der Waals surface area contributed by atoms with Gasteiger partial charge < -0.3 is 9.84 Å². The smallest absolute Gasteiger partial charge is 0.327 e. The van der Waals surface area contributed by atoms with E-state index in [9.17, 15) is 18.0 Å². The van der Waals surface area contributed by atoms with Gasteiger partial charge in [0.15, 0.2) is 5.25 Å². The van der Waals surface area contributed by atoms with Gasteiger partial charge in [-0.1, -0.05) is 83.3 Å². The Labute approximate surface area is 182 Å². The molecule has 176 valence electrons. The largest absolute Gasteiger partial charge is 0.481 e. The summed E-state index contributed by atoms with van der Waals surface area (Å²) in [6.07, 6.45) is 19.8. The summed E-state index contributed by atoms with van der Waals surface area (Å²) in [5.74, 6) is -2.73. The van der Waals surface area contributed by atoms with Crippen molar-refractivity contribution in [3.05, 3.63) is 12.2 Å². The van der Waals surface area contributed by atoms with E-state index in [0.29, 0.717) is 12.8 Å². The molecule has 0 aliphatic rings. The molecule has 7 nitrogen and oxygen atoms in total. The first-order valence-corrected chi connectivity index (χ1v) is 12.8. The molecule has 0 spiro atoms. The molecule has 0 saturated carbocycles. The zero-order valence-electron chi connectivity index (χ0n) is 18.4. The third kappa shape index (κ3) is 17.4. The van der Waals surface area contributed by atoms with E-state index in [-0.39, 0.29) is 6.61 Å². The van der Waals surface area contributed by atoms with Crippen molar-refractivity contribution in [1.29, 1.82) is 0 Å². The maximum absolute atomic E-state index is 11.6. The molecule has 0 fully saturated rings. The maximum Gasteiger partial charge on any atom is 0.327 e. The monoisotopic (exact) mass is 448 g/mol. The number of allylic oxidation sites excluding steroid dienone is 2. The number of carbonyl (C=O) groups is 2. The van der Waals surface area contributed by atoms with Gasteiger partial charge in [-0.3, -0.25) is 14.1 Å². The number of hydrogen-bond donors (Lipinski definition) is 2. The summed E-state index contributed by atoms with van der Waals surface area (Å²) < 4.78 is 35.9. The standard InChI is InChI=1S/C22H40O7S/c1-2-3-4-5-6-7-8-9-10-11-12-13-14-15-16-17-18-29-22(25)20(19-21(23)24)30(26,27)28/h14-15,20H,2-13,16-19H2,1H3,(H,23,24)(H,26,27,28). The highest BCUT2D eigenvalue weighted by atomic mass is 32.2. The minimum absolute atomic E-state index is 0.0206. The number of carboxylic acid groups (broad SMARTS) is 1. The average molecular weight is 449 g/mol.